The minimum atomic E-state index is -0.455. The number of carbonyl (C=O) groups is 2. The lowest BCUT2D eigenvalue weighted by molar-refractivity contribution is -0.118. The molecule has 0 spiro atoms. The summed E-state index contributed by atoms with van der Waals surface area (Å²) in [4.78, 5) is 46.6. The molecule has 0 radical (unpaired) electrons. The zero-order chi connectivity index (χ0) is 24.1. The van der Waals surface area contributed by atoms with Crippen molar-refractivity contribution >= 4 is 50.8 Å². The summed E-state index contributed by atoms with van der Waals surface area (Å²) in [5.41, 5.74) is 7.24. The van der Waals surface area contributed by atoms with E-state index in [4.69, 9.17) is 10.7 Å². The van der Waals surface area contributed by atoms with Gasteiger partial charge in [-0.25, -0.2) is 4.98 Å². The molecule has 0 saturated carbocycles. The van der Waals surface area contributed by atoms with Crippen LogP contribution >= 0.6 is 23.1 Å². The lowest BCUT2D eigenvalue weighted by Gasteiger charge is -2.22. The van der Waals surface area contributed by atoms with Crippen LogP contribution in [0.1, 0.15) is 49.5 Å². The van der Waals surface area contributed by atoms with Crippen molar-refractivity contribution in [2.24, 2.45) is 5.73 Å². The number of anilines is 1. The Morgan fingerprint density at radius 1 is 1.21 bits per heavy atom. The molecule has 180 valence electrons. The van der Waals surface area contributed by atoms with Crippen LogP contribution < -0.4 is 16.2 Å². The number of thioether (sulfide) groups is 1. The number of thiophene rings is 1. The van der Waals surface area contributed by atoms with Gasteiger partial charge in [0.1, 0.15) is 4.83 Å². The number of carbonyl (C=O) groups excluding carboxylic acids is 2. The number of amides is 2. The number of benzene rings is 1. The van der Waals surface area contributed by atoms with Crippen LogP contribution in [0.2, 0.25) is 0 Å². The number of para-hydroxylation sites is 1. The highest BCUT2D eigenvalue weighted by molar-refractivity contribution is 7.99. The summed E-state index contributed by atoms with van der Waals surface area (Å²) in [5, 5.41) is 1.36. The number of rotatable bonds is 11. The number of nitrogens with zero attached hydrogens (tertiary/aromatic N) is 3. The molecule has 1 aliphatic carbocycles. The van der Waals surface area contributed by atoms with Crippen LogP contribution in [0.5, 0.6) is 0 Å². The highest BCUT2D eigenvalue weighted by Gasteiger charge is 2.24. The van der Waals surface area contributed by atoms with Crippen LogP contribution in [-0.4, -0.2) is 33.7 Å². The fraction of sp³-hybridized carbons (Fsp3) is 0.440. The van der Waals surface area contributed by atoms with Gasteiger partial charge in [0.2, 0.25) is 11.8 Å². The van der Waals surface area contributed by atoms with Crippen molar-refractivity contribution in [1.82, 2.24) is 9.55 Å². The summed E-state index contributed by atoms with van der Waals surface area (Å²) in [6, 6.07) is 9.25. The van der Waals surface area contributed by atoms with Crippen molar-refractivity contribution in [1.29, 1.82) is 0 Å². The van der Waals surface area contributed by atoms with Gasteiger partial charge in [-0.2, -0.15) is 0 Å². The number of hydrogen-bond donors (Lipinski definition) is 1. The molecule has 2 heterocycles. The van der Waals surface area contributed by atoms with Crippen LogP contribution in [0.25, 0.3) is 10.2 Å². The van der Waals surface area contributed by atoms with Gasteiger partial charge in [0.05, 0.1) is 11.1 Å². The van der Waals surface area contributed by atoms with Gasteiger partial charge in [-0.1, -0.05) is 49.7 Å². The zero-order valence-corrected chi connectivity index (χ0v) is 21.1. The SMILES string of the molecule is CCCCCn1c(SCC(=O)N(CCC(N)=O)c2ccccc2)nc2sc3c(c2c1=O)CCC3. The fourth-order valence-corrected chi connectivity index (χ4v) is 6.52. The summed E-state index contributed by atoms with van der Waals surface area (Å²) in [6.07, 6.45) is 6.12. The van der Waals surface area contributed by atoms with E-state index in [1.807, 2.05) is 30.3 Å². The molecule has 0 atom stereocenters. The predicted octanol–water partition coefficient (Wildman–Crippen LogP) is 4.14. The Bertz CT molecular complexity index is 1240. The highest BCUT2D eigenvalue weighted by atomic mass is 32.2. The van der Waals surface area contributed by atoms with E-state index in [1.54, 1.807) is 20.8 Å². The molecule has 1 aromatic carbocycles. The first-order valence-corrected chi connectivity index (χ1v) is 13.6. The van der Waals surface area contributed by atoms with E-state index in [0.29, 0.717) is 17.4 Å². The smallest absolute Gasteiger partial charge is 0.263 e. The van der Waals surface area contributed by atoms with E-state index in [-0.39, 0.29) is 30.2 Å². The predicted molar refractivity (Wildman–Crippen MR) is 139 cm³/mol. The summed E-state index contributed by atoms with van der Waals surface area (Å²) in [6.45, 7) is 2.95. The molecule has 4 rings (SSSR count). The maximum absolute atomic E-state index is 13.5. The van der Waals surface area contributed by atoms with Gasteiger partial charge < -0.3 is 10.6 Å². The van der Waals surface area contributed by atoms with E-state index in [0.717, 1.165) is 48.7 Å². The Kier molecular flexibility index (Phi) is 8.05. The first-order valence-electron chi connectivity index (χ1n) is 11.8. The van der Waals surface area contributed by atoms with Crippen LogP contribution in [0, 0.1) is 0 Å². The molecule has 2 amide bonds. The number of hydrogen-bond acceptors (Lipinski definition) is 6. The molecule has 1 aliphatic rings. The molecule has 2 aromatic heterocycles. The summed E-state index contributed by atoms with van der Waals surface area (Å²) in [7, 11) is 0. The molecule has 3 aromatic rings. The number of primary amides is 1. The van der Waals surface area contributed by atoms with Crippen molar-refractivity contribution < 1.29 is 9.59 Å². The number of fused-ring (bicyclic) bond motifs is 3. The quantitative estimate of drug-likeness (QED) is 0.243. The average Bonchev–Trinajstić information content (AvgIpc) is 3.41. The summed E-state index contributed by atoms with van der Waals surface area (Å²) in [5.74, 6) is -0.491. The number of aryl methyl sites for hydroxylation is 2. The average molecular weight is 499 g/mol. The molecular weight excluding hydrogens is 468 g/mol. The van der Waals surface area contributed by atoms with Crippen molar-refractivity contribution in [2.45, 2.75) is 63.6 Å². The normalized spacial score (nSPS) is 12.7. The topological polar surface area (TPSA) is 98.3 Å². The Balaban J connectivity index is 1.60. The number of aromatic nitrogens is 2. The van der Waals surface area contributed by atoms with E-state index in [1.165, 1.54) is 22.2 Å². The molecular formula is C25H30N4O3S2. The standard InChI is InChI=1S/C25H30N4O3S2/c1-2-3-7-14-29-24(32)22-18-11-8-12-19(18)34-23(22)27-25(29)33-16-21(31)28(15-13-20(26)30)17-9-5-4-6-10-17/h4-6,9-10H,2-3,7-8,11-16H2,1H3,(H2,26,30). The van der Waals surface area contributed by atoms with Gasteiger partial charge in [-0.3, -0.25) is 19.0 Å². The third-order valence-electron chi connectivity index (χ3n) is 6.05. The van der Waals surface area contributed by atoms with Crippen molar-refractivity contribution in [3.8, 4) is 0 Å². The fourth-order valence-electron chi connectivity index (χ4n) is 4.32. The van der Waals surface area contributed by atoms with Gasteiger partial charge in [-0.15, -0.1) is 11.3 Å². The Hall–Kier alpha value is -2.65. The van der Waals surface area contributed by atoms with E-state index >= 15 is 0 Å². The Morgan fingerprint density at radius 2 is 2.00 bits per heavy atom. The first kappa shape index (κ1) is 24.5. The highest BCUT2D eigenvalue weighted by Crippen LogP contribution is 2.35. The maximum Gasteiger partial charge on any atom is 0.263 e. The van der Waals surface area contributed by atoms with Crippen LogP contribution in [0.4, 0.5) is 5.69 Å². The monoisotopic (exact) mass is 498 g/mol. The summed E-state index contributed by atoms with van der Waals surface area (Å²) < 4.78 is 1.76. The van der Waals surface area contributed by atoms with Crippen molar-refractivity contribution in [2.75, 3.05) is 17.2 Å². The first-order chi connectivity index (χ1) is 16.5. The molecule has 7 nitrogen and oxygen atoms in total. The lowest BCUT2D eigenvalue weighted by Crippen LogP contribution is -2.35. The van der Waals surface area contributed by atoms with Crippen molar-refractivity contribution in [3.05, 3.63) is 51.1 Å². The van der Waals surface area contributed by atoms with Gasteiger partial charge in [0, 0.05) is 30.1 Å². The molecule has 0 saturated heterocycles. The van der Waals surface area contributed by atoms with Gasteiger partial charge in [0.25, 0.3) is 5.56 Å². The molecule has 2 N–H and O–H groups in total. The third kappa shape index (κ3) is 5.36. The largest absolute Gasteiger partial charge is 0.370 e. The molecule has 9 heteroatoms. The van der Waals surface area contributed by atoms with E-state index in [9.17, 15) is 14.4 Å². The molecule has 0 bridgehead atoms. The lowest BCUT2D eigenvalue weighted by atomic mass is 10.2. The van der Waals surface area contributed by atoms with Crippen LogP contribution in [-0.2, 0) is 29.0 Å². The van der Waals surface area contributed by atoms with Gasteiger partial charge in [0.15, 0.2) is 5.16 Å². The number of unbranched alkanes of at least 4 members (excludes halogenated alkanes) is 2. The molecule has 0 aliphatic heterocycles. The maximum atomic E-state index is 13.5. The Labute approximate surface area is 207 Å². The summed E-state index contributed by atoms with van der Waals surface area (Å²) >= 11 is 2.91. The second kappa shape index (κ2) is 11.2. The second-order valence-electron chi connectivity index (χ2n) is 8.48. The molecule has 0 fully saturated rings. The van der Waals surface area contributed by atoms with Crippen molar-refractivity contribution in [3.63, 3.8) is 0 Å². The van der Waals surface area contributed by atoms with E-state index < -0.39 is 5.91 Å². The van der Waals surface area contributed by atoms with Crippen LogP contribution in [0.15, 0.2) is 40.3 Å². The zero-order valence-electron chi connectivity index (χ0n) is 19.4. The van der Waals surface area contributed by atoms with Gasteiger partial charge in [-0.05, 0) is 43.4 Å². The van der Waals surface area contributed by atoms with Gasteiger partial charge >= 0.3 is 0 Å². The minimum absolute atomic E-state index is 0.0177. The third-order valence-corrected chi connectivity index (χ3v) is 8.20. The molecule has 34 heavy (non-hydrogen) atoms. The Morgan fingerprint density at radius 3 is 2.74 bits per heavy atom. The number of nitrogens with two attached hydrogens (primary N) is 1. The van der Waals surface area contributed by atoms with Crippen LogP contribution in [0.3, 0.4) is 0 Å². The molecule has 0 unspecified atom stereocenters. The second-order valence-corrected chi connectivity index (χ2v) is 10.5. The minimum Gasteiger partial charge on any atom is -0.370 e. The van der Waals surface area contributed by atoms with E-state index in [2.05, 4.69) is 6.92 Å².